The number of rotatable bonds is 4. The zero-order valence-corrected chi connectivity index (χ0v) is 10.4. The fraction of sp³-hybridized carbons (Fsp3) is 0.462. The Morgan fingerprint density at radius 2 is 2.26 bits per heavy atom. The topological polar surface area (TPSA) is 58.6 Å². The molecular weight excluding hydrogens is 256 g/mol. The molecule has 2 atom stereocenters. The monoisotopic (exact) mass is 271 g/mol. The second-order valence-electron chi connectivity index (χ2n) is 4.50. The summed E-state index contributed by atoms with van der Waals surface area (Å²) in [6, 6.07) is 4.05. The average Bonchev–Trinajstić information content (AvgIpc) is 2.87. The van der Waals surface area contributed by atoms with Crippen LogP contribution >= 0.6 is 0 Å². The zero-order chi connectivity index (χ0) is 14.0. The highest BCUT2D eigenvalue weighted by Gasteiger charge is 2.34. The maximum absolute atomic E-state index is 13.1. The number of nitrogens with one attached hydrogen (secondary N) is 1. The second kappa shape index (κ2) is 5.52. The second-order valence-corrected chi connectivity index (χ2v) is 4.50. The van der Waals surface area contributed by atoms with Crippen molar-refractivity contribution in [3.05, 3.63) is 29.3 Å². The molecule has 0 aliphatic carbocycles. The Labute approximate surface area is 109 Å². The fourth-order valence-electron chi connectivity index (χ4n) is 2.45. The standard InChI is InChI=1S/C13H15F2NO3/c1-19-10-4-2-3-8(12(14)15)11(10)9-5-7(6-16-9)13(17)18/h2-4,7,9,12,16H,5-6H2,1H3,(H,17,18). The number of carbonyl (C=O) groups is 1. The Balaban J connectivity index is 2.36. The van der Waals surface area contributed by atoms with Crippen LogP contribution in [0, 0.1) is 5.92 Å². The van der Waals surface area contributed by atoms with Crippen molar-refractivity contribution >= 4 is 5.97 Å². The summed E-state index contributed by atoms with van der Waals surface area (Å²) in [6.07, 6.45) is -2.33. The molecule has 0 amide bonds. The predicted octanol–water partition coefficient (Wildman–Crippen LogP) is 2.37. The molecule has 2 N–H and O–H groups in total. The van der Waals surface area contributed by atoms with Crippen LogP contribution in [0.3, 0.4) is 0 Å². The van der Waals surface area contributed by atoms with Crippen molar-refractivity contribution in [2.24, 2.45) is 5.92 Å². The lowest BCUT2D eigenvalue weighted by Crippen LogP contribution is -2.18. The molecule has 19 heavy (non-hydrogen) atoms. The van der Waals surface area contributed by atoms with E-state index >= 15 is 0 Å². The SMILES string of the molecule is COc1cccc(C(F)F)c1C1CC(C(=O)O)CN1. The average molecular weight is 271 g/mol. The third-order valence-electron chi connectivity index (χ3n) is 3.38. The number of methoxy groups -OCH3 is 1. The van der Waals surface area contributed by atoms with Gasteiger partial charge in [-0.3, -0.25) is 4.79 Å². The highest BCUT2D eigenvalue weighted by atomic mass is 19.3. The summed E-state index contributed by atoms with van der Waals surface area (Å²) >= 11 is 0. The molecule has 1 aliphatic rings. The van der Waals surface area contributed by atoms with Gasteiger partial charge < -0.3 is 15.2 Å². The van der Waals surface area contributed by atoms with Crippen LogP contribution in [0.25, 0.3) is 0 Å². The number of aliphatic carboxylic acids is 1. The summed E-state index contributed by atoms with van der Waals surface area (Å²) < 4.78 is 31.2. The summed E-state index contributed by atoms with van der Waals surface area (Å²) in [7, 11) is 1.41. The van der Waals surface area contributed by atoms with Crippen LogP contribution in [0.2, 0.25) is 0 Å². The maximum Gasteiger partial charge on any atom is 0.307 e. The largest absolute Gasteiger partial charge is 0.496 e. The van der Waals surface area contributed by atoms with E-state index in [0.29, 0.717) is 11.3 Å². The number of hydrogen-bond donors (Lipinski definition) is 2. The molecule has 1 saturated heterocycles. The number of halogens is 2. The van der Waals surface area contributed by atoms with Gasteiger partial charge in [0.2, 0.25) is 0 Å². The van der Waals surface area contributed by atoms with E-state index in [9.17, 15) is 13.6 Å². The summed E-state index contributed by atoms with van der Waals surface area (Å²) in [5.74, 6) is -1.11. The van der Waals surface area contributed by atoms with Crippen molar-refractivity contribution in [1.29, 1.82) is 0 Å². The molecule has 1 aromatic carbocycles. The molecule has 0 spiro atoms. The fourth-order valence-corrected chi connectivity index (χ4v) is 2.45. The van der Waals surface area contributed by atoms with Gasteiger partial charge in [-0.1, -0.05) is 12.1 Å². The molecule has 6 heteroatoms. The van der Waals surface area contributed by atoms with E-state index in [1.54, 1.807) is 6.07 Å². The van der Waals surface area contributed by atoms with E-state index in [1.807, 2.05) is 0 Å². The van der Waals surface area contributed by atoms with Gasteiger partial charge in [-0.05, 0) is 12.5 Å². The number of benzene rings is 1. The molecule has 104 valence electrons. The van der Waals surface area contributed by atoms with Crippen LogP contribution in [-0.4, -0.2) is 24.7 Å². The highest BCUT2D eigenvalue weighted by molar-refractivity contribution is 5.71. The Bertz CT molecular complexity index is 479. The number of carboxylic acid groups (broad SMARTS) is 1. The number of ether oxygens (including phenoxy) is 1. The van der Waals surface area contributed by atoms with Gasteiger partial charge in [0, 0.05) is 23.7 Å². The number of hydrogen-bond acceptors (Lipinski definition) is 3. The first-order valence-corrected chi connectivity index (χ1v) is 5.95. The molecule has 0 saturated carbocycles. The minimum Gasteiger partial charge on any atom is -0.496 e. The van der Waals surface area contributed by atoms with Crippen LogP contribution in [0.5, 0.6) is 5.75 Å². The summed E-state index contributed by atoms with van der Waals surface area (Å²) in [4.78, 5) is 10.9. The van der Waals surface area contributed by atoms with Crippen molar-refractivity contribution in [2.75, 3.05) is 13.7 Å². The van der Waals surface area contributed by atoms with Crippen molar-refractivity contribution in [1.82, 2.24) is 5.32 Å². The minimum atomic E-state index is -2.62. The van der Waals surface area contributed by atoms with Crippen molar-refractivity contribution in [3.63, 3.8) is 0 Å². The van der Waals surface area contributed by atoms with Crippen LogP contribution in [0.15, 0.2) is 18.2 Å². The molecule has 1 aromatic rings. The van der Waals surface area contributed by atoms with Crippen molar-refractivity contribution in [3.8, 4) is 5.75 Å². The summed E-state index contributed by atoms with van der Waals surface area (Å²) in [5.41, 5.74) is 0.256. The molecule has 0 aromatic heterocycles. The van der Waals surface area contributed by atoms with Gasteiger partial charge in [-0.25, -0.2) is 8.78 Å². The Morgan fingerprint density at radius 3 is 2.79 bits per heavy atom. The van der Waals surface area contributed by atoms with Crippen LogP contribution in [-0.2, 0) is 4.79 Å². The van der Waals surface area contributed by atoms with E-state index in [2.05, 4.69) is 5.32 Å². The van der Waals surface area contributed by atoms with E-state index in [1.165, 1.54) is 19.2 Å². The summed E-state index contributed by atoms with van der Waals surface area (Å²) in [6.45, 7) is 0.278. The smallest absolute Gasteiger partial charge is 0.307 e. The molecule has 2 unspecified atom stereocenters. The van der Waals surface area contributed by atoms with Gasteiger partial charge in [0.15, 0.2) is 0 Å². The third-order valence-corrected chi connectivity index (χ3v) is 3.38. The van der Waals surface area contributed by atoms with Crippen LogP contribution in [0.4, 0.5) is 8.78 Å². The quantitative estimate of drug-likeness (QED) is 0.882. The van der Waals surface area contributed by atoms with Crippen molar-refractivity contribution in [2.45, 2.75) is 18.9 Å². The number of alkyl halides is 2. The lowest BCUT2D eigenvalue weighted by atomic mass is 9.95. The molecule has 2 rings (SSSR count). The first kappa shape index (κ1) is 13.7. The first-order valence-electron chi connectivity index (χ1n) is 5.95. The van der Waals surface area contributed by atoms with Gasteiger partial charge in [-0.15, -0.1) is 0 Å². The van der Waals surface area contributed by atoms with Gasteiger partial charge in [0.05, 0.1) is 13.0 Å². The van der Waals surface area contributed by atoms with Gasteiger partial charge in [0.25, 0.3) is 6.43 Å². The number of carboxylic acids is 1. The first-order chi connectivity index (χ1) is 9.04. The molecule has 0 bridgehead atoms. The van der Waals surface area contributed by atoms with Gasteiger partial charge in [-0.2, -0.15) is 0 Å². The van der Waals surface area contributed by atoms with E-state index in [4.69, 9.17) is 9.84 Å². The maximum atomic E-state index is 13.1. The van der Waals surface area contributed by atoms with E-state index in [0.717, 1.165) is 0 Å². The minimum absolute atomic E-state index is 0.108. The molecule has 1 fully saturated rings. The van der Waals surface area contributed by atoms with Crippen LogP contribution < -0.4 is 10.1 Å². The third kappa shape index (κ3) is 2.68. The Morgan fingerprint density at radius 1 is 1.53 bits per heavy atom. The van der Waals surface area contributed by atoms with E-state index < -0.39 is 24.4 Å². The Kier molecular flexibility index (Phi) is 3.99. The summed E-state index contributed by atoms with van der Waals surface area (Å²) in [5, 5.41) is 11.9. The zero-order valence-electron chi connectivity index (χ0n) is 10.4. The normalized spacial score (nSPS) is 22.7. The lowest BCUT2D eigenvalue weighted by molar-refractivity contribution is -0.141. The van der Waals surface area contributed by atoms with Crippen LogP contribution in [0.1, 0.15) is 30.0 Å². The van der Waals surface area contributed by atoms with Crippen molar-refractivity contribution < 1.29 is 23.4 Å². The molecular formula is C13H15F2NO3. The highest BCUT2D eigenvalue weighted by Crippen LogP contribution is 2.39. The predicted molar refractivity (Wildman–Crippen MR) is 64.4 cm³/mol. The molecule has 1 aliphatic heterocycles. The lowest BCUT2D eigenvalue weighted by Gasteiger charge is -2.19. The molecule has 1 heterocycles. The Hall–Kier alpha value is -1.69. The molecule has 0 radical (unpaired) electrons. The van der Waals surface area contributed by atoms with Gasteiger partial charge in [0.1, 0.15) is 5.75 Å². The van der Waals surface area contributed by atoms with E-state index in [-0.39, 0.29) is 18.5 Å². The van der Waals surface area contributed by atoms with Gasteiger partial charge >= 0.3 is 5.97 Å². The molecule has 4 nitrogen and oxygen atoms in total.